The number of nitrogens with one attached hydrogen (secondary N) is 5. The number of benzene rings is 2. The van der Waals surface area contributed by atoms with E-state index in [0.717, 1.165) is 11.6 Å². The summed E-state index contributed by atoms with van der Waals surface area (Å²) in [4.78, 5) is 45.6. The first-order chi connectivity index (χ1) is 25.2. The van der Waals surface area contributed by atoms with Gasteiger partial charge < -0.3 is 30.7 Å². The standard InChI is InChI=1S/C39H45F4N5O4S/c1-5-22(3)32(46-31(49)18-25-10-7-8-13-29(25)40)35(50)48-38(37(51)47-33(23(4)6-2)36(53)44-20-24-15-17-52-21-24)16-14-30-27(19-38)26-11-9-12-28(34(26)45-30)39(41,42)43/h7-13,15,17,21-23,32-33,45H,5-6,14,16,18-20H2,1-4H3,(H,44,53)(H,46,49)(H,47,51)(H,48,50)/t22?,23-,32-,33?,38+/m0/s1. The minimum Gasteiger partial charge on any atom is -0.472 e. The van der Waals surface area contributed by atoms with Gasteiger partial charge in [0.2, 0.25) is 17.7 Å². The summed E-state index contributed by atoms with van der Waals surface area (Å²) in [7, 11) is 0. The molecule has 2 heterocycles. The lowest BCUT2D eigenvalue weighted by Crippen LogP contribution is -2.67. The van der Waals surface area contributed by atoms with Crippen LogP contribution in [0.25, 0.3) is 10.9 Å². The van der Waals surface area contributed by atoms with Crippen molar-refractivity contribution >= 4 is 45.8 Å². The molecule has 3 amide bonds. The molecule has 0 saturated heterocycles. The van der Waals surface area contributed by atoms with Gasteiger partial charge in [0.15, 0.2) is 0 Å². The van der Waals surface area contributed by atoms with E-state index < -0.39 is 58.8 Å². The van der Waals surface area contributed by atoms with Crippen LogP contribution in [-0.4, -0.2) is 45.3 Å². The number of alkyl halides is 3. The Bertz CT molecular complexity index is 1950. The molecule has 0 fully saturated rings. The summed E-state index contributed by atoms with van der Waals surface area (Å²) in [6, 6.07) is 9.76. The van der Waals surface area contributed by atoms with Gasteiger partial charge in [-0.1, -0.05) is 83.1 Å². The molecule has 0 saturated carbocycles. The number of thiocarbonyl (C=S) groups is 1. The molecule has 9 nitrogen and oxygen atoms in total. The van der Waals surface area contributed by atoms with Crippen LogP contribution in [0.5, 0.6) is 0 Å². The largest absolute Gasteiger partial charge is 0.472 e. The molecule has 5 rings (SSSR count). The Labute approximate surface area is 311 Å². The van der Waals surface area contributed by atoms with Crippen molar-refractivity contribution in [3.8, 4) is 0 Å². The molecule has 284 valence electrons. The average Bonchev–Trinajstić information content (AvgIpc) is 3.79. The molecule has 5 N–H and O–H groups in total. The maximum absolute atomic E-state index is 14.7. The van der Waals surface area contributed by atoms with E-state index in [9.17, 15) is 31.9 Å². The lowest BCUT2D eigenvalue weighted by molar-refractivity contribution is -0.137. The number of para-hydroxylation sites is 1. The molecule has 0 aliphatic heterocycles. The predicted octanol–water partition coefficient (Wildman–Crippen LogP) is 6.68. The van der Waals surface area contributed by atoms with E-state index in [1.54, 1.807) is 31.4 Å². The molecule has 5 atom stereocenters. The third-order valence-electron chi connectivity index (χ3n) is 10.4. The summed E-state index contributed by atoms with van der Waals surface area (Å²) < 4.78 is 61.7. The van der Waals surface area contributed by atoms with Gasteiger partial charge >= 0.3 is 6.18 Å². The maximum atomic E-state index is 14.7. The number of halogens is 4. The van der Waals surface area contributed by atoms with Crippen molar-refractivity contribution in [2.75, 3.05) is 0 Å². The molecular weight excluding hydrogens is 711 g/mol. The number of aromatic amines is 1. The quantitative estimate of drug-likeness (QED) is 0.0722. The van der Waals surface area contributed by atoms with Crippen molar-refractivity contribution in [2.24, 2.45) is 11.8 Å². The second-order valence-electron chi connectivity index (χ2n) is 13.9. The first-order valence-electron chi connectivity index (χ1n) is 17.8. The van der Waals surface area contributed by atoms with Crippen LogP contribution in [0.2, 0.25) is 0 Å². The van der Waals surface area contributed by atoms with Crippen LogP contribution >= 0.6 is 12.2 Å². The Balaban J connectivity index is 1.49. The summed E-state index contributed by atoms with van der Waals surface area (Å²) in [5.74, 6) is -2.87. The third kappa shape index (κ3) is 8.91. The van der Waals surface area contributed by atoms with E-state index in [1.165, 1.54) is 30.5 Å². The fourth-order valence-electron chi connectivity index (χ4n) is 6.79. The molecule has 2 aromatic heterocycles. The second kappa shape index (κ2) is 16.5. The van der Waals surface area contributed by atoms with E-state index in [-0.39, 0.29) is 42.7 Å². The first-order valence-corrected chi connectivity index (χ1v) is 18.2. The lowest BCUT2D eigenvalue weighted by Gasteiger charge is -2.40. The van der Waals surface area contributed by atoms with Gasteiger partial charge in [0.1, 0.15) is 17.4 Å². The molecule has 2 aromatic carbocycles. The van der Waals surface area contributed by atoms with Crippen molar-refractivity contribution in [3.05, 3.63) is 94.8 Å². The number of hydrogen-bond donors (Lipinski definition) is 5. The number of carbonyl (C=O) groups excluding carboxylic acids is 3. The molecule has 0 radical (unpaired) electrons. The summed E-state index contributed by atoms with van der Waals surface area (Å²) in [6.45, 7) is 7.87. The fourth-order valence-corrected chi connectivity index (χ4v) is 7.16. The lowest BCUT2D eigenvalue weighted by atomic mass is 9.78. The van der Waals surface area contributed by atoms with Crippen LogP contribution in [0, 0.1) is 17.7 Å². The zero-order valence-corrected chi connectivity index (χ0v) is 30.9. The molecule has 0 spiro atoms. The monoisotopic (exact) mass is 755 g/mol. The van der Waals surface area contributed by atoms with E-state index in [0.29, 0.717) is 41.0 Å². The second-order valence-corrected chi connectivity index (χ2v) is 14.4. The van der Waals surface area contributed by atoms with E-state index in [2.05, 4.69) is 26.3 Å². The molecule has 53 heavy (non-hydrogen) atoms. The Kier molecular flexibility index (Phi) is 12.3. The van der Waals surface area contributed by atoms with E-state index >= 15 is 0 Å². The highest BCUT2D eigenvalue weighted by molar-refractivity contribution is 7.80. The molecule has 1 aliphatic carbocycles. The Morgan fingerprint density at radius 2 is 1.70 bits per heavy atom. The zero-order chi connectivity index (χ0) is 38.5. The average molecular weight is 756 g/mol. The van der Waals surface area contributed by atoms with Crippen molar-refractivity contribution in [3.63, 3.8) is 0 Å². The normalized spacial score (nSPS) is 18.0. The Morgan fingerprint density at radius 3 is 2.36 bits per heavy atom. The summed E-state index contributed by atoms with van der Waals surface area (Å²) in [6.07, 6.45) is -0.614. The van der Waals surface area contributed by atoms with Gasteiger partial charge in [0.25, 0.3) is 0 Å². The topological polar surface area (TPSA) is 128 Å². The predicted molar refractivity (Wildman–Crippen MR) is 197 cm³/mol. The number of furan rings is 1. The highest BCUT2D eigenvalue weighted by atomic mass is 32.1. The van der Waals surface area contributed by atoms with Gasteiger partial charge in [-0.2, -0.15) is 13.2 Å². The zero-order valence-electron chi connectivity index (χ0n) is 30.1. The molecule has 4 aromatic rings. The van der Waals surface area contributed by atoms with Crippen molar-refractivity contribution in [1.29, 1.82) is 0 Å². The summed E-state index contributed by atoms with van der Waals surface area (Å²) in [5, 5.41) is 12.3. The van der Waals surface area contributed by atoms with E-state index in [4.69, 9.17) is 16.6 Å². The maximum Gasteiger partial charge on any atom is 0.418 e. The summed E-state index contributed by atoms with van der Waals surface area (Å²) in [5.41, 5.74) is -0.525. The van der Waals surface area contributed by atoms with Gasteiger partial charge in [-0.25, -0.2) is 4.39 Å². The number of aromatic nitrogens is 1. The van der Waals surface area contributed by atoms with Gasteiger partial charge in [0, 0.05) is 29.6 Å². The SMILES string of the molecule is CCC(C)[C@H](NC(=O)Cc1ccccc1F)C(=O)N[C@]1(C(=O)NC(C(=S)NCc2ccoc2)[C@@H](C)CC)CCc2[nH]c3c(C(F)(F)F)cccc3c2C1. The van der Waals surface area contributed by atoms with Crippen LogP contribution in [-0.2, 0) is 46.4 Å². The Morgan fingerprint density at radius 1 is 0.981 bits per heavy atom. The van der Waals surface area contributed by atoms with Crippen LogP contribution in [0.15, 0.2) is 65.5 Å². The first kappa shape index (κ1) is 39.5. The molecule has 0 bridgehead atoms. The third-order valence-corrected chi connectivity index (χ3v) is 10.8. The summed E-state index contributed by atoms with van der Waals surface area (Å²) >= 11 is 5.77. The molecule has 14 heteroatoms. The van der Waals surface area contributed by atoms with Crippen molar-refractivity contribution in [1.82, 2.24) is 26.3 Å². The number of hydrogen-bond acceptors (Lipinski definition) is 5. The molecule has 2 unspecified atom stereocenters. The van der Waals surface area contributed by atoms with Crippen LogP contribution < -0.4 is 21.3 Å². The molecule has 1 aliphatic rings. The smallest absolute Gasteiger partial charge is 0.418 e. The number of H-pyrrole nitrogens is 1. The number of carbonyl (C=O) groups is 3. The minimum absolute atomic E-state index is 0.0462. The molecular formula is C39H45F4N5O4S. The van der Waals surface area contributed by atoms with Gasteiger partial charge in [-0.3, -0.25) is 14.4 Å². The number of aryl methyl sites for hydroxylation is 1. The number of rotatable bonds is 14. The van der Waals surface area contributed by atoms with Crippen molar-refractivity contribution < 1.29 is 36.4 Å². The highest BCUT2D eigenvalue weighted by Crippen LogP contribution is 2.40. The van der Waals surface area contributed by atoms with Gasteiger partial charge in [-0.15, -0.1) is 0 Å². The van der Waals surface area contributed by atoms with Crippen molar-refractivity contribution in [2.45, 2.75) is 96.6 Å². The van der Waals surface area contributed by atoms with Gasteiger partial charge in [0.05, 0.1) is 41.1 Å². The van der Waals surface area contributed by atoms with Crippen LogP contribution in [0.3, 0.4) is 0 Å². The van der Waals surface area contributed by atoms with Crippen LogP contribution in [0.4, 0.5) is 17.6 Å². The minimum atomic E-state index is -4.62. The number of amides is 3. The number of fused-ring (bicyclic) bond motifs is 3. The Hall–Kier alpha value is -4.72. The van der Waals surface area contributed by atoms with E-state index in [1.807, 2.05) is 20.8 Å². The van der Waals surface area contributed by atoms with Crippen LogP contribution in [0.1, 0.15) is 74.9 Å². The fraction of sp³-hybridized carbons (Fsp3) is 0.436. The highest BCUT2D eigenvalue weighted by Gasteiger charge is 2.47. The van der Waals surface area contributed by atoms with Gasteiger partial charge in [-0.05, 0) is 54.0 Å².